The van der Waals surface area contributed by atoms with Gasteiger partial charge in [-0.3, -0.25) is 4.90 Å². The molecule has 0 saturated carbocycles. The largest absolute Gasteiger partial charge is 0.478 e. The molecule has 4 nitrogen and oxygen atoms in total. The Bertz CT molecular complexity index is 502. The van der Waals surface area contributed by atoms with E-state index in [2.05, 4.69) is 46.6 Å². The first-order valence-corrected chi connectivity index (χ1v) is 7.09. The van der Waals surface area contributed by atoms with Gasteiger partial charge < -0.3 is 10.0 Å². The van der Waals surface area contributed by atoms with Gasteiger partial charge in [0.2, 0.25) is 0 Å². The summed E-state index contributed by atoms with van der Waals surface area (Å²) in [6.45, 7) is 7.32. The Morgan fingerprint density at radius 2 is 2.05 bits per heavy atom. The Hall–Kier alpha value is -1.07. The summed E-state index contributed by atoms with van der Waals surface area (Å²) in [6.07, 6.45) is 0. The van der Waals surface area contributed by atoms with Gasteiger partial charge in [0, 0.05) is 29.6 Å². The average Bonchev–Trinajstić information content (AvgIpc) is 2.32. The smallest absolute Gasteiger partial charge is 0.335 e. The molecular weight excluding hydrogens is 308 g/mol. The number of benzene rings is 1. The van der Waals surface area contributed by atoms with Gasteiger partial charge in [-0.2, -0.15) is 0 Å². The molecule has 1 aliphatic rings. The van der Waals surface area contributed by atoms with Crippen molar-refractivity contribution < 1.29 is 9.90 Å². The quantitative estimate of drug-likeness (QED) is 0.907. The zero-order chi connectivity index (χ0) is 14.2. The van der Waals surface area contributed by atoms with Crippen LogP contribution < -0.4 is 4.90 Å². The molecule has 0 atom stereocenters. The Labute approximate surface area is 122 Å². The fourth-order valence-electron chi connectivity index (χ4n) is 2.34. The van der Waals surface area contributed by atoms with E-state index < -0.39 is 5.97 Å². The van der Waals surface area contributed by atoms with Gasteiger partial charge >= 0.3 is 5.97 Å². The zero-order valence-electron chi connectivity index (χ0n) is 11.5. The predicted octanol–water partition coefficient (Wildman–Crippen LogP) is 2.68. The molecule has 0 aromatic heterocycles. The van der Waals surface area contributed by atoms with E-state index in [0.717, 1.165) is 29.8 Å². The van der Waals surface area contributed by atoms with Crippen molar-refractivity contribution >= 4 is 27.6 Å². The lowest BCUT2D eigenvalue weighted by molar-refractivity contribution is 0.0697. The molecule has 1 fully saturated rings. The van der Waals surface area contributed by atoms with Crippen LogP contribution in [0, 0.1) is 0 Å². The highest BCUT2D eigenvalue weighted by Gasteiger charge is 2.31. The Morgan fingerprint density at radius 3 is 2.58 bits per heavy atom. The van der Waals surface area contributed by atoms with Gasteiger partial charge in [-0.25, -0.2) is 4.79 Å². The van der Waals surface area contributed by atoms with Crippen LogP contribution in [0.25, 0.3) is 0 Å². The highest BCUT2D eigenvalue weighted by molar-refractivity contribution is 9.10. The van der Waals surface area contributed by atoms with Crippen molar-refractivity contribution in [1.29, 1.82) is 0 Å². The molecule has 1 saturated heterocycles. The number of rotatable bonds is 2. The van der Waals surface area contributed by atoms with Gasteiger partial charge in [0.15, 0.2) is 0 Å². The minimum atomic E-state index is -0.897. The molecule has 0 aliphatic carbocycles. The van der Waals surface area contributed by atoms with Gasteiger partial charge in [0.1, 0.15) is 0 Å². The topological polar surface area (TPSA) is 43.8 Å². The molecule has 0 unspecified atom stereocenters. The van der Waals surface area contributed by atoms with E-state index in [1.54, 1.807) is 12.1 Å². The van der Waals surface area contributed by atoms with Crippen molar-refractivity contribution in [2.45, 2.75) is 19.4 Å². The Morgan fingerprint density at radius 1 is 1.37 bits per heavy atom. The van der Waals surface area contributed by atoms with Crippen LogP contribution in [0.5, 0.6) is 0 Å². The summed E-state index contributed by atoms with van der Waals surface area (Å²) in [6, 6.07) is 5.21. The lowest BCUT2D eigenvalue weighted by Crippen LogP contribution is -2.57. The van der Waals surface area contributed by atoms with E-state index in [-0.39, 0.29) is 5.54 Å². The summed E-state index contributed by atoms with van der Waals surface area (Å²) in [7, 11) is 2.14. The van der Waals surface area contributed by atoms with E-state index in [4.69, 9.17) is 5.11 Å². The van der Waals surface area contributed by atoms with Crippen molar-refractivity contribution in [3.8, 4) is 0 Å². The van der Waals surface area contributed by atoms with Crippen LogP contribution in [-0.4, -0.2) is 48.2 Å². The van der Waals surface area contributed by atoms with Crippen LogP contribution in [-0.2, 0) is 0 Å². The van der Waals surface area contributed by atoms with Crippen LogP contribution in [0.2, 0.25) is 0 Å². The fourth-order valence-corrected chi connectivity index (χ4v) is 2.97. The van der Waals surface area contributed by atoms with Crippen molar-refractivity contribution in [1.82, 2.24) is 4.90 Å². The molecule has 1 aromatic carbocycles. The minimum absolute atomic E-state index is 0.114. The van der Waals surface area contributed by atoms with Gasteiger partial charge in [-0.05, 0) is 55.0 Å². The molecule has 1 heterocycles. The number of halogens is 1. The lowest BCUT2D eigenvalue weighted by atomic mass is 9.99. The van der Waals surface area contributed by atoms with Crippen LogP contribution in [0.1, 0.15) is 24.2 Å². The van der Waals surface area contributed by atoms with E-state index in [9.17, 15) is 4.79 Å². The highest BCUT2D eigenvalue weighted by atomic mass is 79.9. The third-order valence-electron chi connectivity index (χ3n) is 3.85. The van der Waals surface area contributed by atoms with E-state index in [1.807, 2.05) is 6.07 Å². The molecule has 5 heteroatoms. The normalized spacial score (nSPS) is 19.5. The first-order chi connectivity index (χ1) is 8.81. The number of carboxylic acid groups (broad SMARTS) is 1. The molecule has 1 aliphatic heterocycles. The number of hydrogen-bond acceptors (Lipinski definition) is 3. The number of hydrogen-bond donors (Lipinski definition) is 1. The van der Waals surface area contributed by atoms with E-state index >= 15 is 0 Å². The first kappa shape index (κ1) is 14.3. The van der Waals surface area contributed by atoms with Gasteiger partial charge in [-0.15, -0.1) is 0 Å². The van der Waals surface area contributed by atoms with Gasteiger partial charge in [0.25, 0.3) is 0 Å². The maximum Gasteiger partial charge on any atom is 0.335 e. The Balaban J connectivity index is 2.26. The summed E-state index contributed by atoms with van der Waals surface area (Å²) in [5.41, 5.74) is 1.48. The number of likely N-dealkylation sites (N-methyl/N-ethyl adjacent to an activating group) is 1. The number of nitrogens with zero attached hydrogens (tertiary/aromatic N) is 2. The first-order valence-electron chi connectivity index (χ1n) is 6.30. The third kappa shape index (κ3) is 2.92. The molecule has 0 bridgehead atoms. The van der Waals surface area contributed by atoms with Crippen molar-refractivity contribution in [3.63, 3.8) is 0 Å². The van der Waals surface area contributed by atoms with Crippen molar-refractivity contribution in [2.75, 3.05) is 31.6 Å². The molecule has 0 amide bonds. The predicted molar refractivity (Wildman–Crippen MR) is 80.0 cm³/mol. The molecule has 0 radical (unpaired) electrons. The zero-order valence-corrected chi connectivity index (χ0v) is 13.1. The standard InChI is InChI=1S/C14H19BrN2O2/c1-14(2)9-17(7-6-16(14)3)12-5-4-10(13(18)19)8-11(12)15/h4-5,8H,6-7,9H2,1-3H3,(H,18,19). The van der Waals surface area contributed by atoms with Crippen LogP contribution in [0.15, 0.2) is 22.7 Å². The summed E-state index contributed by atoms with van der Waals surface area (Å²) < 4.78 is 0.841. The van der Waals surface area contributed by atoms with Crippen molar-refractivity contribution in [3.05, 3.63) is 28.2 Å². The summed E-state index contributed by atoms with van der Waals surface area (Å²) in [4.78, 5) is 15.6. The third-order valence-corrected chi connectivity index (χ3v) is 4.49. The van der Waals surface area contributed by atoms with Crippen LogP contribution >= 0.6 is 15.9 Å². The Kier molecular flexibility index (Phi) is 3.87. The minimum Gasteiger partial charge on any atom is -0.478 e. The second kappa shape index (κ2) is 5.13. The SMILES string of the molecule is CN1CCN(c2ccc(C(=O)O)cc2Br)CC1(C)C. The molecule has 19 heavy (non-hydrogen) atoms. The van der Waals surface area contributed by atoms with Crippen molar-refractivity contribution in [2.24, 2.45) is 0 Å². The summed E-state index contributed by atoms with van der Waals surface area (Å²) >= 11 is 3.49. The van der Waals surface area contributed by atoms with Crippen LogP contribution in [0.4, 0.5) is 5.69 Å². The fraction of sp³-hybridized carbons (Fsp3) is 0.500. The van der Waals surface area contributed by atoms with Gasteiger partial charge in [0.05, 0.1) is 11.3 Å². The summed E-state index contributed by atoms with van der Waals surface area (Å²) in [5.74, 6) is -0.897. The summed E-state index contributed by atoms with van der Waals surface area (Å²) in [5, 5.41) is 8.99. The number of carbonyl (C=O) groups is 1. The second-order valence-electron chi connectivity index (χ2n) is 5.63. The van der Waals surface area contributed by atoms with Crippen LogP contribution in [0.3, 0.4) is 0 Å². The maximum atomic E-state index is 10.9. The number of anilines is 1. The number of carboxylic acids is 1. The number of aromatic carboxylic acids is 1. The van der Waals surface area contributed by atoms with Gasteiger partial charge in [-0.1, -0.05) is 0 Å². The maximum absolute atomic E-state index is 10.9. The monoisotopic (exact) mass is 326 g/mol. The molecule has 104 valence electrons. The molecule has 1 aromatic rings. The number of piperazine rings is 1. The van der Waals surface area contributed by atoms with E-state index in [1.165, 1.54) is 0 Å². The van der Waals surface area contributed by atoms with E-state index in [0.29, 0.717) is 5.56 Å². The molecule has 0 spiro atoms. The average molecular weight is 327 g/mol. The molecule has 2 rings (SSSR count). The molecule has 1 N–H and O–H groups in total. The second-order valence-corrected chi connectivity index (χ2v) is 6.48. The highest BCUT2D eigenvalue weighted by Crippen LogP contribution is 2.31. The molecular formula is C14H19BrN2O2. The lowest BCUT2D eigenvalue weighted by Gasteiger charge is -2.46.